The van der Waals surface area contributed by atoms with Crippen LogP contribution in [0.5, 0.6) is 5.75 Å². The number of fused-ring (bicyclic) bond motifs is 1. The van der Waals surface area contributed by atoms with Gasteiger partial charge in [0.05, 0.1) is 0 Å². The van der Waals surface area contributed by atoms with Crippen molar-refractivity contribution in [3.8, 4) is 5.75 Å². The lowest BCUT2D eigenvalue weighted by Gasteiger charge is -2.43. The number of nitrogens with one attached hydrogen (secondary N) is 1. The van der Waals surface area contributed by atoms with Crippen LogP contribution in [0.15, 0.2) is 36.4 Å². The third-order valence-corrected chi connectivity index (χ3v) is 5.77. The number of benzene rings is 2. The molecule has 3 N–H and O–H groups in total. The van der Waals surface area contributed by atoms with Crippen LogP contribution in [0, 0.1) is 5.41 Å². The van der Waals surface area contributed by atoms with Gasteiger partial charge in [-0.2, -0.15) is 0 Å². The number of hydrogen-bond donors (Lipinski definition) is 2. The third kappa shape index (κ3) is 3.51. The maximum Gasteiger partial charge on any atom is 0.345 e. The number of carbonyl (C=O) groups is 2. The molecule has 0 unspecified atom stereocenters. The highest BCUT2D eigenvalue weighted by atomic mass is 16.7. The largest absolute Gasteiger partial charge is 0.451 e. The lowest BCUT2D eigenvalue weighted by molar-refractivity contribution is -0.177. The Hall–Kier alpha value is -3.35. The van der Waals surface area contributed by atoms with Crippen LogP contribution in [0.3, 0.4) is 0 Å². The first kappa shape index (κ1) is 19.9. The second-order valence-electron chi connectivity index (χ2n) is 8.09. The van der Waals surface area contributed by atoms with Crippen LogP contribution >= 0.6 is 0 Å². The summed E-state index contributed by atoms with van der Waals surface area (Å²) in [7, 11) is 0. The van der Waals surface area contributed by atoms with E-state index in [2.05, 4.69) is 13.8 Å². The number of nitrogens with zero attached hydrogens (tertiary/aromatic N) is 1. The van der Waals surface area contributed by atoms with E-state index in [4.69, 9.17) is 20.6 Å². The number of hydrogen-bond acceptors (Lipinski definition) is 6. The van der Waals surface area contributed by atoms with Crippen molar-refractivity contribution in [2.45, 2.75) is 38.4 Å². The molecule has 2 aliphatic heterocycles. The molecule has 7 heteroatoms. The van der Waals surface area contributed by atoms with Crippen molar-refractivity contribution in [3.63, 3.8) is 0 Å². The third-order valence-electron chi connectivity index (χ3n) is 5.77. The predicted octanol–water partition coefficient (Wildman–Crippen LogP) is 3.82. The van der Waals surface area contributed by atoms with Gasteiger partial charge in [-0.25, -0.2) is 4.79 Å². The molecule has 2 aromatic carbocycles. The minimum Gasteiger partial charge on any atom is -0.451 e. The zero-order chi connectivity index (χ0) is 21.5. The molecule has 0 saturated carbocycles. The lowest BCUT2D eigenvalue weighted by atomic mass is 9.97. The highest BCUT2D eigenvalue weighted by Crippen LogP contribution is 2.38. The average molecular weight is 409 g/mol. The molecule has 2 aromatic rings. The van der Waals surface area contributed by atoms with Gasteiger partial charge < -0.3 is 25.5 Å². The Morgan fingerprint density at radius 1 is 1.20 bits per heavy atom. The highest BCUT2D eigenvalue weighted by molar-refractivity contribution is 5.97. The number of anilines is 1. The normalized spacial score (nSPS) is 17.3. The Morgan fingerprint density at radius 2 is 1.93 bits per heavy atom. The first-order chi connectivity index (χ1) is 14.3. The van der Waals surface area contributed by atoms with Gasteiger partial charge >= 0.3 is 5.97 Å². The molecule has 1 fully saturated rings. The van der Waals surface area contributed by atoms with E-state index in [1.165, 1.54) is 0 Å². The number of nitrogen functional groups attached to an aromatic ring is 1. The van der Waals surface area contributed by atoms with E-state index in [1.54, 1.807) is 23.1 Å². The Balaban J connectivity index is 0.00000272. The van der Waals surface area contributed by atoms with Crippen molar-refractivity contribution in [3.05, 3.63) is 58.7 Å². The summed E-state index contributed by atoms with van der Waals surface area (Å²) in [4.78, 5) is 27.2. The second kappa shape index (κ2) is 7.48. The topological polar surface area (TPSA) is 106 Å². The summed E-state index contributed by atoms with van der Waals surface area (Å²) < 4.78 is 11.8. The smallest absolute Gasteiger partial charge is 0.345 e. The Morgan fingerprint density at radius 3 is 2.57 bits per heavy atom. The summed E-state index contributed by atoms with van der Waals surface area (Å²) in [5.41, 5.74) is 8.85. The molecule has 158 valence electrons. The number of ether oxygens (including phenoxy) is 2. The molecule has 7 nitrogen and oxygen atoms in total. The van der Waals surface area contributed by atoms with Gasteiger partial charge in [0.1, 0.15) is 11.3 Å². The van der Waals surface area contributed by atoms with Gasteiger partial charge in [0.15, 0.2) is 0 Å². The van der Waals surface area contributed by atoms with Gasteiger partial charge in [-0.05, 0) is 35.7 Å². The number of likely N-dealkylation sites (tertiary alicyclic amines) is 1. The number of esters is 1. The molecule has 0 atom stereocenters. The number of amides is 1. The number of carbonyl (C=O) groups excluding carboxylic acids is 2. The van der Waals surface area contributed by atoms with Crippen LogP contribution in [0.2, 0.25) is 0 Å². The first-order valence-corrected chi connectivity index (χ1v) is 10.1. The fourth-order valence-corrected chi connectivity index (χ4v) is 3.88. The van der Waals surface area contributed by atoms with E-state index in [-0.39, 0.29) is 13.3 Å². The summed E-state index contributed by atoms with van der Waals surface area (Å²) in [5.74, 6) is -0.727. The molecule has 4 rings (SSSR count). The Labute approximate surface area is 176 Å². The molecule has 2 heterocycles. The van der Waals surface area contributed by atoms with Crippen LogP contribution in [-0.2, 0) is 4.74 Å². The van der Waals surface area contributed by atoms with E-state index >= 15 is 0 Å². The molecule has 0 radical (unpaired) electrons. The van der Waals surface area contributed by atoms with E-state index in [1.807, 2.05) is 18.2 Å². The van der Waals surface area contributed by atoms with Crippen LogP contribution in [-0.4, -0.2) is 41.9 Å². The number of rotatable bonds is 3. The van der Waals surface area contributed by atoms with Crippen molar-refractivity contribution >= 4 is 23.8 Å². The maximum absolute atomic E-state index is 12.9. The Kier molecular flexibility index (Phi) is 4.97. The van der Waals surface area contributed by atoms with Crippen LogP contribution in [0.4, 0.5) is 5.69 Å². The van der Waals surface area contributed by atoms with Crippen LogP contribution in [0.25, 0.3) is 0 Å². The van der Waals surface area contributed by atoms with E-state index in [9.17, 15) is 9.59 Å². The molecular weight excluding hydrogens is 382 g/mol. The second-order valence-corrected chi connectivity index (χ2v) is 8.09. The van der Waals surface area contributed by atoms with Gasteiger partial charge in [-0.3, -0.25) is 4.79 Å². The molecular formula is C23H27N3O4. The number of piperidine rings is 1. The summed E-state index contributed by atoms with van der Waals surface area (Å²) in [6.45, 7) is 4.93. The van der Waals surface area contributed by atoms with Crippen molar-refractivity contribution in [1.29, 1.82) is 5.41 Å². The highest BCUT2D eigenvalue weighted by Gasteiger charge is 2.45. The van der Waals surface area contributed by atoms with Gasteiger partial charge in [0.2, 0.25) is 0 Å². The van der Waals surface area contributed by atoms with Gasteiger partial charge in [0, 0.05) is 50.4 Å². The summed E-state index contributed by atoms with van der Waals surface area (Å²) in [5, 5.41) is 7.31. The quantitative estimate of drug-likeness (QED) is 0.455. The molecule has 0 aliphatic carbocycles. The monoisotopic (exact) mass is 409 g/mol. The van der Waals surface area contributed by atoms with Gasteiger partial charge in [-0.15, -0.1) is 0 Å². The molecule has 1 amide bonds. The molecule has 0 bridgehead atoms. The SMILES string of the molecule is CC(C)c1ccc2c(c1)C(=O)OC1(CCN(C(=O)c3ccc(C=N)c(N)c3)CC1)O2.[HH]. The molecule has 2 aliphatic rings. The molecule has 0 aromatic heterocycles. The zero-order valence-corrected chi connectivity index (χ0v) is 17.1. The minimum atomic E-state index is -1.04. The minimum absolute atomic E-state index is 0. The summed E-state index contributed by atoms with van der Waals surface area (Å²) in [6.07, 6.45) is 1.94. The Bertz CT molecular complexity index is 1030. The summed E-state index contributed by atoms with van der Waals surface area (Å²) in [6, 6.07) is 10.6. The van der Waals surface area contributed by atoms with Crippen molar-refractivity contribution < 1.29 is 20.5 Å². The first-order valence-electron chi connectivity index (χ1n) is 10.1. The summed E-state index contributed by atoms with van der Waals surface area (Å²) >= 11 is 0. The van der Waals surface area contributed by atoms with Crippen molar-refractivity contribution in [2.75, 3.05) is 18.8 Å². The van der Waals surface area contributed by atoms with Crippen molar-refractivity contribution in [1.82, 2.24) is 4.90 Å². The molecule has 1 spiro atoms. The lowest BCUT2D eigenvalue weighted by Crippen LogP contribution is -2.53. The average Bonchev–Trinajstić information content (AvgIpc) is 2.73. The fraction of sp³-hybridized carbons (Fsp3) is 0.348. The van der Waals surface area contributed by atoms with Crippen molar-refractivity contribution in [2.24, 2.45) is 0 Å². The standard InChI is InChI=1S/C23H25N3O4.H2/c1-14(2)15-5-6-20-18(11-15)22(28)30-23(29-20)7-9-26(10-8-23)21(27)16-3-4-17(13-24)19(25)12-16;/h3-6,11-14,24H,7-10,25H2,1-2H3;1H. The predicted molar refractivity (Wildman–Crippen MR) is 115 cm³/mol. The maximum atomic E-state index is 12.9. The molecule has 1 saturated heterocycles. The molecule has 30 heavy (non-hydrogen) atoms. The number of nitrogens with two attached hydrogens (primary N) is 1. The fourth-order valence-electron chi connectivity index (χ4n) is 3.88. The van der Waals surface area contributed by atoms with E-state index in [0.29, 0.717) is 60.0 Å². The van der Waals surface area contributed by atoms with E-state index in [0.717, 1.165) is 11.8 Å². The zero-order valence-electron chi connectivity index (χ0n) is 17.1. The van der Waals surface area contributed by atoms with Crippen LogP contribution < -0.4 is 10.5 Å². The van der Waals surface area contributed by atoms with Gasteiger partial charge in [0.25, 0.3) is 11.7 Å². The van der Waals surface area contributed by atoms with Gasteiger partial charge in [-0.1, -0.05) is 26.0 Å². The van der Waals surface area contributed by atoms with Crippen LogP contribution in [0.1, 0.15) is 65.9 Å². The van der Waals surface area contributed by atoms with E-state index < -0.39 is 5.79 Å².